The molecule has 20 heavy (non-hydrogen) atoms. The molecular weight excluding hydrogens is 252 g/mol. The van der Waals surface area contributed by atoms with E-state index in [1.165, 1.54) is 51.4 Å². The zero-order valence-corrected chi connectivity index (χ0v) is 13.9. The molecule has 0 aromatic carbocycles. The van der Waals surface area contributed by atoms with Crippen molar-refractivity contribution in [1.82, 2.24) is 0 Å². The van der Waals surface area contributed by atoms with E-state index in [9.17, 15) is 0 Å². The van der Waals surface area contributed by atoms with Gasteiger partial charge in [0.2, 0.25) is 0 Å². The minimum absolute atomic E-state index is 0.0915. The molecule has 122 valence electrons. The summed E-state index contributed by atoms with van der Waals surface area (Å²) in [6.07, 6.45) is 10.4. The summed E-state index contributed by atoms with van der Waals surface area (Å²) < 4.78 is 11.3. The SMILES string of the molecule is CCCCC(CC)CC(CCCC)OCCOCCO. The van der Waals surface area contributed by atoms with Crippen LogP contribution in [0.2, 0.25) is 0 Å². The molecule has 0 rings (SSSR count). The molecule has 0 saturated heterocycles. The Bertz CT molecular complexity index is 185. The lowest BCUT2D eigenvalue weighted by molar-refractivity contribution is -0.0157. The Morgan fingerprint density at radius 2 is 1.60 bits per heavy atom. The number of hydrogen-bond acceptors (Lipinski definition) is 3. The van der Waals surface area contributed by atoms with Crippen LogP contribution in [0.3, 0.4) is 0 Å². The summed E-state index contributed by atoms with van der Waals surface area (Å²) in [5, 5.41) is 8.66. The van der Waals surface area contributed by atoms with Gasteiger partial charge in [0.05, 0.1) is 32.5 Å². The van der Waals surface area contributed by atoms with Crippen LogP contribution in [0.1, 0.15) is 72.1 Å². The molecule has 0 saturated carbocycles. The maximum absolute atomic E-state index is 8.66. The minimum Gasteiger partial charge on any atom is -0.394 e. The molecule has 0 aromatic heterocycles. The van der Waals surface area contributed by atoms with E-state index in [2.05, 4.69) is 20.8 Å². The number of aliphatic hydroxyl groups excluding tert-OH is 1. The van der Waals surface area contributed by atoms with Crippen LogP contribution >= 0.6 is 0 Å². The molecule has 0 aliphatic rings. The zero-order chi connectivity index (χ0) is 15.1. The van der Waals surface area contributed by atoms with Gasteiger partial charge in [0, 0.05) is 0 Å². The van der Waals surface area contributed by atoms with E-state index >= 15 is 0 Å². The fraction of sp³-hybridized carbons (Fsp3) is 1.00. The standard InChI is InChI=1S/C17H36O3/c1-4-7-9-16(6-3)15-17(10-8-5-2)20-14-13-19-12-11-18/h16-18H,4-15H2,1-3H3. The second-order valence-corrected chi connectivity index (χ2v) is 5.62. The molecule has 1 N–H and O–H groups in total. The van der Waals surface area contributed by atoms with Gasteiger partial charge in [0.1, 0.15) is 0 Å². The van der Waals surface area contributed by atoms with Crippen LogP contribution in [0, 0.1) is 5.92 Å². The van der Waals surface area contributed by atoms with Crippen molar-refractivity contribution in [1.29, 1.82) is 0 Å². The quantitative estimate of drug-likeness (QED) is 0.459. The molecular formula is C17H36O3. The second-order valence-electron chi connectivity index (χ2n) is 5.62. The summed E-state index contributed by atoms with van der Waals surface area (Å²) in [4.78, 5) is 0. The van der Waals surface area contributed by atoms with Crippen molar-refractivity contribution in [3.8, 4) is 0 Å². The fourth-order valence-electron chi connectivity index (χ4n) is 2.49. The molecule has 2 unspecified atom stereocenters. The topological polar surface area (TPSA) is 38.7 Å². The summed E-state index contributed by atoms with van der Waals surface area (Å²) in [5.74, 6) is 0.801. The first-order valence-corrected chi connectivity index (χ1v) is 8.58. The minimum atomic E-state index is 0.0915. The van der Waals surface area contributed by atoms with Crippen LogP contribution in [0.15, 0.2) is 0 Å². The van der Waals surface area contributed by atoms with Crippen molar-refractivity contribution in [3.05, 3.63) is 0 Å². The normalized spacial score (nSPS) is 14.4. The van der Waals surface area contributed by atoms with Gasteiger partial charge in [0.25, 0.3) is 0 Å². The highest BCUT2D eigenvalue weighted by Gasteiger charge is 2.15. The molecule has 0 amide bonds. The highest BCUT2D eigenvalue weighted by atomic mass is 16.5. The van der Waals surface area contributed by atoms with Gasteiger partial charge in [-0.15, -0.1) is 0 Å². The summed E-state index contributed by atoms with van der Waals surface area (Å²) in [5.41, 5.74) is 0. The van der Waals surface area contributed by atoms with E-state index in [0.717, 1.165) is 5.92 Å². The van der Waals surface area contributed by atoms with Crippen LogP contribution in [-0.4, -0.2) is 37.6 Å². The Kier molecular flexibility index (Phi) is 15.2. The molecule has 0 aliphatic carbocycles. The lowest BCUT2D eigenvalue weighted by Crippen LogP contribution is -2.20. The van der Waals surface area contributed by atoms with Gasteiger partial charge in [-0.1, -0.05) is 59.3 Å². The van der Waals surface area contributed by atoms with Crippen molar-refractivity contribution in [2.75, 3.05) is 26.4 Å². The second kappa shape index (κ2) is 15.3. The lowest BCUT2D eigenvalue weighted by Gasteiger charge is -2.23. The van der Waals surface area contributed by atoms with Crippen LogP contribution in [0.25, 0.3) is 0 Å². The molecule has 0 aromatic rings. The Morgan fingerprint density at radius 3 is 2.20 bits per heavy atom. The van der Waals surface area contributed by atoms with Crippen molar-refractivity contribution < 1.29 is 14.6 Å². The van der Waals surface area contributed by atoms with Crippen LogP contribution in [0.5, 0.6) is 0 Å². The lowest BCUT2D eigenvalue weighted by atomic mass is 9.91. The van der Waals surface area contributed by atoms with Gasteiger partial charge in [0.15, 0.2) is 0 Å². The summed E-state index contributed by atoms with van der Waals surface area (Å²) in [7, 11) is 0. The van der Waals surface area contributed by atoms with Gasteiger partial charge in [-0.3, -0.25) is 0 Å². The maximum atomic E-state index is 8.66. The molecule has 0 aliphatic heterocycles. The van der Waals surface area contributed by atoms with Crippen molar-refractivity contribution >= 4 is 0 Å². The number of ether oxygens (including phenoxy) is 2. The smallest absolute Gasteiger partial charge is 0.0704 e. The van der Waals surface area contributed by atoms with E-state index in [1.54, 1.807) is 0 Å². The van der Waals surface area contributed by atoms with Crippen LogP contribution < -0.4 is 0 Å². The Labute approximate surface area is 126 Å². The van der Waals surface area contributed by atoms with E-state index in [4.69, 9.17) is 14.6 Å². The van der Waals surface area contributed by atoms with Gasteiger partial charge in [-0.05, 0) is 18.8 Å². The Morgan fingerprint density at radius 1 is 0.900 bits per heavy atom. The maximum Gasteiger partial charge on any atom is 0.0704 e. The molecule has 0 heterocycles. The average molecular weight is 288 g/mol. The predicted octanol–water partition coefficient (Wildman–Crippen LogP) is 4.18. The van der Waals surface area contributed by atoms with E-state index in [-0.39, 0.29) is 6.61 Å². The average Bonchev–Trinajstić information content (AvgIpc) is 2.47. The van der Waals surface area contributed by atoms with Crippen molar-refractivity contribution in [2.45, 2.75) is 78.2 Å². The van der Waals surface area contributed by atoms with Gasteiger partial charge < -0.3 is 14.6 Å². The first kappa shape index (κ1) is 19.9. The first-order chi connectivity index (χ1) is 9.78. The third-order valence-corrected chi connectivity index (χ3v) is 3.84. The molecule has 0 radical (unpaired) electrons. The molecule has 0 fully saturated rings. The molecule has 2 atom stereocenters. The number of rotatable bonds is 15. The number of unbranched alkanes of at least 4 members (excludes halogenated alkanes) is 2. The van der Waals surface area contributed by atoms with Crippen molar-refractivity contribution in [3.63, 3.8) is 0 Å². The third kappa shape index (κ3) is 11.7. The third-order valence-electron chi connectivity index (χ3n) is 3.84. The van der Waals surface area contributed by atoms with Crippen LogP contribution in [0.4, 0.5) is 0 Å². The number of hydrogen-bond donors (Lipinski definition) is 1. The number of aliphatic hydroxyl groups is 1. The van der Waals surface area contributed by atoms with Gasteiger partial charge in [-0.2, -0.15) is 0 Å². The molecule has 0 bridgehead atoms. The van der Waals surface area contributed by atoms with Gasteiger partial charge >= 0.3 is 0 Å². The molecule has 3 nitrogen and oxygen atoms in total. The first-order valence-electron chi connectivity index (χ1n) is 8.58. The Hall–Kier alpha value is -0.120. The van der Waals surface area contributed by atoms with Crippen LogP contribution in [-0.2, 0) is 9.47 Å². The van der Waals surface area contributed by atoms with Gasteiger partial charge in [-0.25, -0.2) is 0 Å². The highest BCUT2D eigenvalue weighted by Crippen LogP contribution is 2.22. The van der Waals surface area contributed by atoms with E-state index in [1.807, 2.05) is 0 Å². The summed E-state index contributed by atoms with van der Waals surface area (Å²) in [6, 6.07) is 0. The zero-order valence-electron chi connectivity index (χ0n) is 13.9. The highest BCUT2D eigenvalue weighted by molar-refractivity contribution is 4.66. The van der Waals surface area contributed by atoms with Crippen molar-refractivity contribution in [2.24, 2.45) is 5.92 Å². The summed E-state index contributed by atoms with van der Waals surface area (Å²) in [6.45, 7) is 8.53. The largest absolute Gasteiger partial charge is 0.394 e. The predicted molar refractivity (Wildman–Crippen MR) is 85.1 cm³/mol. The van der Waals surface area contributed by atoms with E-state index in [0.29, 0.717) is 25.9 Å². The molecule has 3 heteroatoms. The molecule has 0 spiro atoms. The summed E-state index contributed by atoms with van der Waals surface area (Å²) >= 11 is 0. The Balaban J connectivity index is 3.97. The fourth-order valence-corrected chi connectivity index (χ4v) is 2.49. The van der Waals surface area contributed by atoms with E-state index < -0.39 is 0 Å². The monoisotopic (exact) mass is 288 g/mol.